The second kappa shape index (κ2) is 5.49. The van der Waals surface area contributed by atoms with Crippen LogP contribution in [0.4, 0.5) is 0 Å². The second-order valence-corrected chi connectivity index (χ2v) is 7.03. The Kier molecular flexibility index (Phi) is 3.16. The SMILES string of the molecule is c1cc2cc3ccc2cc1CCc1ccc2ccc(cc2c1)CC3. The molecule has 24 heavy (non-hydrogen) atoms. The molecule has 0 amide bonds. The molecule has 0 heterocycles. The standard InChI is InChI=1S/C24H20/c1-3-19-5-9-21-10-6-20(16-24(21)15-19)4-2-18-8-12-22-13-17(1)7-11-23(22)14-18/h5-16H,1-4H2. The van der Waals surface area contributed by atoms with Crippen molar-refractivity contribution in [1.29, 1.82) is 0 Å². The molecule has 3 aliphatic rings. The van der Waals surface area contributed by atoms with Gasteiger partial charge in [-0.1, -0.05) is 72.8 Å². The van der Waals surface area contributed by atoms with E-state index in [2.05, 4.69) is 72.8 Å². The molecular formula is C24H20. The summed E-state index contributed by atoms with van der Waals surface area (Å²) in [6.07, 6.45) is 4.40. The quantitative estimate of drug-likeness (QED) is 0.381. The third-order valence-corrected chi connectivity index (χ3v) is 5.34. The highest BCUT2D eigenvalue weighted by molar-refractivity contribution is 5.85. The van der Waals surface area contributed by atoms with Gasteiger partial charge in [0.1, 0.15) is 0 Å². The Morgan fingerprint density at radius 1 is 0.333 bits per heavy atom. The molecule has 0 saturated carbocycles. The lowest BCUT2D eigenvalue weighted by atomic mass is 9.99. The van der Waals surface area contributed by atoms with Crippen LogP contribution >= 0.6 is 0 Å². The average molecular weight is 308 g/mol. The zero-order valence-corrected chi connectivity index (χ0v) is 13.8. The molecule has 0 atom stereocenters. The minimum absolute atomic E-state index is 1.10. The Morgan fingerprint density at radius 2 is 0.667 bits per heavy atom. The van der Waals surface area contributed by atoms with Crippen LogP contribution in [0.5, 0.6) is 0 Å². The predicted octanol–water partition coefficient (Wildman–Crippen LogP) is 5.88. The summed E-state index contributed by atoms with van der Waals surface area (Å²) in [5.41, 5.74) is 5.73. The van der Waals surface area contributed by atoms with Crippen molar-refractivity contribution in [2.45, 2.75) is 25.7 Å². The summed E-state index contributed by atoms with van der Waals surface area (Å²) in [6.45, 7) is 0. The molecule has 0 fully saturated rings. The van der Waals surface area contributed by atoms with Gasteiger partial charge in [-0.25, -0.2) is 0 Å². The smallest absolute Gasteiger partial charge is 0.0179 e. The first-order valence-corrected chi connectivity index (χ1v) is 8.87. The molecule has 0 radical (unpaired) electrons. The van der Waals surface area contributed by atoms with Crippen molar-refractivity contribution in [3.63, 3.8) is 0 Å². The number of aryl methyl sites for hydroxylation is 4. The van der Waals surface area contributed by atoms with Gasteiger partial charge in [-0.2, -0.15) is 0 Å². The van der Waals surface area contributed by atoms with Crippen LogP contribution < -0.4 is 0 Å². The highest BCUT2D eigenvalue weighted by Gasteiger charge is 2.05. The summed E-state index contributed by atoms with van der Waals surface area (Å²) in [5, 5.41) is 5.45. The molecule has 0 N–H and O–H groups in total. The van der Waals surface area contributed by atoms with Crippen molar-refractivity contribution in [3.8, 4) is 0 Å². The Morgan fingerprint density at radius 3 is 1.08 bits per heavy atom. The predicted molar refractivity (Wildman–Crippen MR) is 103 cm³/mol. The molecule has 4 aromatic rings. The van der Waals surface area contributed by atoms with Gasteiger partial charge >= 0.3 is 0 Å². The van der Waals surface area contributed by atoms with Crippen LogP contribution in [0.2, 0.25) is 0 Å². The molecule has 4 aromatic carbocycles. The number of hydrogen-bond donors (Lipinski definition) is 0. The van der Waals surface area contributed by atoms with Gasteiger partial charge < -0.3 is 0 Å². The van der Waals surface area contributed by atoms with Crippen LogP contribution in [-0.4, -0.2) is 0 Å². The number of benzene rings is 4. The van der Waals surface area contributed by atoms with Crippen molar-refractivity contribution in [1.82, 2.24) is 0 Å². The van der Waals surface area contributed by atoms with Gasteiger partial charge in [-0.15, -0.1) is 0 Å². The normalized spacial score (nSPS) is 14.0. The average Bonchev–Trinajstić information content (AvgIpc) is 2.63. The zero-order valence-electron chi connectivity index (χ0n) is 13.8. The van der Waals surface area contributed by atoms with Crippen molar-refractivity contribution >= 4 is 21.5 Å². The fourth-order valence-corrected chi connectivity index (χ4v) is 3.89. The van der Waals surface area contributed by atoms with Gasteiger partial charge in [-0.3, -0.25) is 0 Å². The molecule has 7 rings (SSSR count). The maximum Gasteiger partial charge on any atom is -0.0179 e. The zero-order chi connectivity index (χ0) is 15.9. The Balaban J connectivity index is 1.67. The molecular weight excluding hydrogens is 288 g/mol. The lowest BCUT2D eigenvalue weighted by Gasteiger charge is -2.06. The maximum absolute atomic E-state index is 2.38. The largest absolute Gasteiger partial charge is 0.0584 e. The van der Waals surface area contributed by atoms with E-state index in [1.165, 1.54) is 43.8 Å². The molecule has 0 unspecified atom stereocenters. The van der Waals surface area contributed by atoms with E-state index in [0.29, 0.717) is 0 Å². The fraction of sp³-hybridized carbons (Fsp3) is 0.167. The minimum Gasteiger partial charge on any atom is -0.0584 e. The maximum atomic E-state index is 2.38. The van der Waals surface area contributed by atoms with E-state index in [4.69, 9.17) is 0 Å². The molecule has 7 bridgehead atoms. The first-order valence-electron chi connectivity index (χ1n) is 8.87. The Labute approximate surface area is 142 Å². The van der Waals surface area contributed by atoms with Gasteiger partial charge in [0.15, 0.2) is 0 Å². The molecule has 0 heteroatoms. The lowest BCUT2D eigenvalue weighted by Crippen LogP contribution is -1.92. The summed E-state index contributed by atoms with van der Waals surface area (Å²) in [6, 6.07) is 27.8. The number of fused-ring (bicyclic) bond motifs is 2. The molecule has 3 aliphatic carbocycles. The van der Waals surface area contributed by atoms with Crippen LogP contribution in [0.25, 0.3) is 21.5 Å². The topological polar surface area (TPSA) is 0 Å². The van der Waals surface area contributed by atoms with Gasteiger partial charge in [0.05, 0.1) is 0 Å². The van der Waals surface area contributed by atoms with Crippen molar-refractivity contribution in [2.24, 2.45) is 0 Å². The van der Waals surface area contributed by atoms with Crippen LogP contribution in [0.3, 0.4) is 0 Å². The molecule has 0 aliphatic heterocycles. The second-order valence-electron chi connectivity index (χ2n) is 7.03. The Bertz CT molecular complexity index is 974. The highest BCUT2D eigenvalue weighted by atomic mass is 14.1. The van der Waals surface area contributed by atoms with E-state index in [9.17, 15) is 0 Å². The third-order valence-electron chi connectivity index (χ3n) is 5.34. The molecule has 0 spiro atoms. The van der Waals surface area contributed by atoms with Crippen LogP contribution in [0.15, 0.2) is 72.8 Å². The van der Waals surface area contributed by atoms with Gasteiger partial charge in [0.25, 0.3) is 0 Å². The lowest BCUT2D eigenvalue weighted by molar-refractivity contribution is 0.964. The van der Waals surface area contributed by atoms with Crippen LogP contribution in [0.1, 0.15) is 22.3 Å². The summed E-state index contributed by atoms with van der Waals surface area (Å²) < 4.78 is 0. The number of rotatable bonds is 0. The first-order chi connectivity index (χ1) is 11.8. The van der Waals surface area contributed by atoms with Crippen LogP contribution in [-0.2, 0) is 25.7 Å². The summed E-state index contributed by atoms with van der Waals surface area (Å²) in [7, 11) is 0. The summed E-state index contributed by atoms with van der Waals surface area (Å²) in [4.78, 5) is 0. The van der Waals surface area contributed by atoms with Gasteiger partial charge in [0.2, 0.25) is 0 Å². The summed E-state index contributed by atoms with van der Waals surface area (Å²) >= 11 is 0. The van der Waals surface area contributed by atoms with E-state index in [0.717, 1.165) is 25.7 Å². The van der Waals surface area contributed by atoms with Crippen LogP contribution in [0, 0.1) is 0 Å². The van der Waals surface area contributed by atoms with Crippen molar-refractivity contribution in [3.05, 3.63) is 95.1 Å². The Hall–Kier alpha value is -2.60. The minimum atomic E-state index is 1.10. The van der Waals surface area contributed by atoms with E-state index in [1.54, 1.807) is 0 Å². The molecule has 0 saturated heterocycles. The van der Waals surface area contributed by atoms with E-state index < -0.39 is 0 Å². The van der Waals surface area contributed by atoms with E-state index >= 15 is 0 Å². The van der Waals surface area contributed by atoms with Crippen molar-refractivity contribution < 1.29 is 0 Å². The molecule has 116 valence electrons. The molecule has 0 nitrogen and oxygen atoms in total. The fourth-order valence-electron chi connectivity index (χ4n) is 3.89. The summed E-state index contributed by atoms with van der Waals surface area (Å²) in [5.74, 6) is 0. The third kappa shape index (κ3) is 2.49. The van der Waals surface area contributed by atoms with E-state index in [1.807, 2.05) is 0 Å². The highest BCUT2D eigenvalue weighted by Crippen LogP contribution is 2.23. The van der Waals surface area contributed by atoms with Crippen molar-refractivity contribution in [2.75, 3.05) is 0 Å². The first kappa shape index (κ1) is 13.8. The van der Waals surface area contributed by atoms with Gasteiger partial charge in [0, 0.05) is 0 Å². The molecule has 0 aromatic heterocycles. The van der Waals surface area contributed by atoms with E-state index in [-0.39, 0.29) is 0 Å². The number of hydrogen-bond acceptors (Lipinski definition) is 0. The van der Waals surface area contributed by atoms with Gasteiger partial charge in [-0.05, 0) is 69.5 Å². The monoisotopic (exact) mass is 308 g/mol.